The van der Waals surface area contributed by atoms with Crippen molar-refractivity contribution in [3.05, 3.63) is 23.8 Å². The van der Waals surface area contributed by atoms with E-state index in [4.69, 9.17) is 10.8 Å². The maximum atomic E-state index is 12.5. The van der Waals surface area contributed by atoms with E-state index in [1.165, 1.54) is 11.8 Å². The number of halogens is 3. The zero-order valence-corrected chi connectivity index (χ0v) is 12.1. The Hall–Kier alpha value is -1.41. The van der Waals surface area contributed by atoms with E-state index in [2.05, 4.69) is 5.32 Å². The van der Waals surface area contributed by atoms with Crippen LogP contribution in [0.2, 0.25) is 0 Å². The molecule has 4 nitrogen and oxygen atoms in total. The molecule has 0 radical (unpaired) electrons. The number of nitrogen functional groups attached to an aromatic ring is 1. The first-order valence-corrected chi connectivity index (χ1v) is 7.45. The lowest BCUT2D eigenvalue weighted by Gasteiger charge is -2.11. The molecule has 1 amide bonds. The van der Waals surface area contributed by atoms with E-state index in [0.29, 0.717) is 12.2 Å². The fourth-order valence-corrected chi connectivity index (χ4v) is 2.37. The van der Waals surface area contributed by atoms with Gasteiger partial charge in [0.25, 0.3) is 0 Å². The molecule has 0 aromatic heterocycles. The summed E-state index contributed by atoms with van der Waals surface area (Å²) in [5.74, 6) is 1.02. The van der Waals surface area contributed by atoms with Crippen molar-refractivity contribution in [3.63, 3.8) is 0 Å². The largest absolute Gasteiger partial charge is 0.416 e. The number of hydrogen-bond acceptors (Lipinski definition) is 4. The number of carbonyl (C=O) groups excluding carboxylic acids is 1. The Labute approximate surface area is 124 Å². The predicted octanol–water partition coefficient (Wildman–Crippen LogP) is 2.73. The highest BCUT2D eigenvalue weighted by molar-refractivity contribution is 7.99. The van der Waals surface area contributed by atoms with Gasteiger partial charge in [-0.05, 0) is 30.4 Å². The summed E-state index contributed by atoms with van der Waals surface area (Å²) in [6.45, 7) is 0.112. The van der Waals surface area contributed by atoms with Gasteiger partial charge in [0, 0.05) is 18.8 Å². The number of nitrogens with one attached hydrogen (secondary N) is 1. The molecule has 1 rings (SSSR count). The quantitative estimate of drug-likeness (QED) is 0.533. The van der Waals surface area contributed by atoms with Crippen molar-refractivity contribution in [2.75, 3.05) is 29.2 Å². The summed E-state index contributed by atoms with van der Waals surface area (Å²) < 4.78 is 37.4. The average molecular weight is 322 g/mol. The minimum absolute atomic E-state index is 0.112. The third-order valence-corrected chi connectivity index (χ3v) is 3.64. The van der Waals surface area contributed by atoms with Crippen LogP contribution >= 0.6 is 11.8 Å². The topological polar surface area (TPSA) is 75.3 Å². The second-order valence-corrected chi connectivity index (χ2v) is 5.51. The molecular weight excluding hydrogens is 305 g/mol. The van der Waals surface area contributed by atoms with Crippen LogP contribution in [0.1, 0.15) is 18.4 Å². The summed E-state index contributed by atoms with van der Waals surface area (Å²) in [6, 6.07) is 2.82. The van der Waals surface area contributed by atoms with E-state index in [1.54, 1.807) is 0 Å². The minimum Gasteiger partial charge on any atom is -0.397 e. The van der Waals surface area contributed by atoms with E-state index in [1.807, 2.05) is 0 Å². The normalized spacial score (nSPS) is 11.4. The van der Waals surface area contributed by atoms with Crippen molar-refractivity contribution in [1.82, 2.24) is 0 Å². The third kappa shape index (κ3) is 6.26. The van der Waals surface area contributed by atoms with Crippen LogP contribution in [0.5, 0.6) is 0 Å². The van der Waals surface area contributed by atoms with Crippen LogP contribution in [0.15, 0.2) is 18.2 Å². The molecule has 0 spiro atoms. The SMILES string of the molecule is Nc1cc(C(F)(F)F)ccc1NC(=O)CCSCCCO. The van der Waals surface area contributed by atoms with Gasteiger partial charge in [-0.1, -0.05) is 0 Å². The van der Waals surface area contributed by atoms with Gasteiger partial charge in [0.05, 0.1) is 16.9 Å². The summed E-state index contributed by atoms with van der Waals surface area (Å²) in [5, 5.41) is 11.1. The molecule has 0 heterocycles. The Balaban J connectivity index is 2.49. The maximum Gasteiger partial charge on any atom is 0.416 e. The Morgan fingerprint density at radius 1 is 1.33 bits per heavy atom. The van der Waals surface area contributed by atoms with E-state index >= 15 is 0 Å². The van der Waals surface area contributed by atoms with Gasteiger partial charge in [-0.15, -0.1) is 0 Å². The molecule has 118 valence electrons. The highest BCUT2D eigenvalue weighted by Gasteiger charge is 2.30. The van der Waals surface area contributed by atoms with E-state index < -0.39 is 11.7 Å². The van der Waals surface area contributed by atoms with Crippen molar-refractivity contribution in [2.24, 2.45) is 0 Å². The number of rotatable bonds is 7. The van der Waals surface area contributed by atoms with Gasteiger partial charge < -0.3 is 16.2 Å². The summed E-state index contributed by atoms with van der Waals surface area (Å²) in [5.41, 5.74) is 4.72. The van der Waals surface area contributed by atoms with Crippen molar-refractivity contribution in [3.8, 4) is 0 Å². The van der Waals surface area contributed by atoms with Gasteiger partial charge in [-0.25, -0.2) is 0 Å². The van der Waals surface area contributed by atoms with Gasteiger partial charge >= 0.3 is 6.18 Å². The molecule has 0 aliphatic carbocycles. The van der Waals surface area contributed by atoms with Crippen molar-refractivity contribution < 1.29 is 23.1 Å². The second-order valence-electron chi connectivity index (χ2n) is 4.29. The first-order valence-electron chi connectivity index (χ1n) is 6.29. The number of aliphatic hydroxyl groups is 1. The number of alkyl halides is 3. The lowest BCUT2D eigenvalue weighted by atomic mass is 10.1. The molecule has 21 heavy (non-hydrogen) atoms. The highest BCUT2D eigenvalue weighted by Crippen LogP contribution is 2.32. The van der Waals surface area contributed by atoms with E-state index in [0.717, 1.165) is 24.0 Å². The van der Waals surface area contributed by atoms with Gasteiger partial charge in [0.2, 0.25) is 5.91 Å². The molecule has 0 unspecified atom stereocenters. The molecule has 4 N–H and O–H groups in total. The molecule has 0 atom stereocenters. The molecule has 0 saturated carbocycles. The number of nitrogens with two attached hydrogens (primary N) is 1. The van der Waals surface area contributed by atoms with Crippen LogP contribution in [-0.4, -0.2) is 29.1 Å². The zero-order valence-electron chi connectivity index (χ0n) is 11.2. The Kier molecular flexibility index (Phi) is 6.83. The third-order valence-electron chi connectivity index (χ3n) is 2.57. The lowest BCUT2D eigenvalue weighted by Crippen LogP contribution is -2.14. The number of aliphatic hydroxyl groups excluding tert-OH is 1. The monoisotopic (exact) mass is 322 g/mol. The summed E-state index contributed by atoms with van der Waals surface area (Å²) in [7, 11) is 0. The standard InChI is InChI=1S/C13H17F3N2O2S/c14-13(15,16)9-2-3-11(10(17)8-9)18-12(20)4-7-21-6-1-5-19/h2-3,8,19H,1,4-7,17H2,(H,18,20). The van der Waals surface area contributed by atoms with E-state index in [-0.39, 0.29) is 30.3 Å². The number of benzene rings is 1. The molecule has 0 aliphatic rings. The van der Waals surface area contributed by atoms with E-state index in [9.17, 15) is 18.0 Å². The van der Waals surface area contributed by atoms with Crippen molar-refractivity contribution in [2.45, 2.75) is 19.0 Å². The van der Waals surface area contributed by atoms with Crippen LogP contribution in [0.25, 0.3) is 0 Å². The number of thioether (sulfide) groups is 1. The smallest absolute Gasteiger partial charge is 0.397 e. The van der Waals surface area contributed by atoms with Crippen LogP contribution in [-0.2, 0) is 11.0 Å². The number of hydrogen-bond donors (Lipinski definition) is 3. The number of amides is 1. The molecular formula is C13H17F3N2O2S. The summed E-state index contributed by atoms with van der Waals surface area (Å²) in [6.07, 6.45) is -3.56. The van der Waals surface area contributed by atoms with Gasteiger partial charge in [0.15, 0.2) is 0 Å². The molecule has 0 fully saturated rings. The summed E-state index contributed by atoms with van der Waals surface area (Å²) >= 11 is 1.53. The Morgan fingerprint density at radius 3 is 2.62 bits per heavy atom. The molecule has 8 heteroatoms. The van der Waals surface area contributed by atoms with Gasteiger partial charge in [0.1, 0.15) is 0 Å². The number of anilines is 2. The van der Waals surface area contributed by atoms with Gasteiger partial charge in [-0.3, -0.25) is 4.79 Å². The van der Waals surface area contributed by atoms with Gasteiger partial charge in [-0.2, -0.15) is 24.9 Å². The van der Waals surface area contributed by atoms with Crippen LogP contribution < -0.4 is 11.1 Å². The average Bonchev–Trinajstić information content (AvgIpc) is 2.39. The molecule has 1 aromatic carbocycles. The molecule has 1 aromatic rings. The Bertz CT molecular complexity index is 481. The second kappa shape index (κ2) is 8.14. The first-order chi connectivity index (χ1) is 9.84. The first kappa shape index (κ1) is 17.6. The van der Waals surface area contributed by atoms with Crippen LogP contribution in [0, 0.1) is 0 Å². The Morgan fingerprint density at radius 2 is 2.05 bits per heavy atom. The highest BCUT2D eigenvalue weighted by atomic mass is 32.2. The molecule has 0 bridgehead atoms. The molecule has 0 aliphatic heterocycles. The lowest BCUT2D eigenvalue weighted by molar-refractivity contribution is -0.137. The summed E-state index contributed by atoms with van der Waals surface area (Å²) in [4.78, 5) is 11.6. The van der Waals surface area contributed by atoms with Crippen LogP contribution in [0.4, 0.5) is 24.5 Å². The van der Waals surface area contributed by atoms with Crippen LogP contribution in [0.3, 0.4) is 0 Å². The minimum atomic E-state index is -4.46. The number of carbonyl (C=O) groups is 1. The van der Waals surface area contributed by atoms with Crippen molar-refractivity contribution in [1.29, 1.82) is 0 Å². The molecule has 0 saturated heterocycles. The van der Waals surface area contributed by atoms with Crippen molar-refractivity contribution >= 4 is 29.0 Å². The fraction of sp³-hybridized carbons (Fsp3) is 0.462. The maximum absolute atomic E-state index is 12.5. The predicted molar refractivity (Wildman–Crippen MR) is 78.1 cm³/mol. The zero-order chi connectivity index (χ0) is 15.9. The fourth-order valence-electron chi connectivity index (χ4n) is 1.50.